The van der Waals surface area contributed by atoms with Gasteiger partial charge in [0.1, 0.15) is 0 Å². The Kier molecular flexibility index (Phi) is 5.36. The van der Waals surface area contributed by atoms with Crippen LogP contribution in [0.25, 0.3) is 0 Å². The smallest absolute Gasteiger partial charge is 0.243 e. The molecule has 1 amide bonds. The standard InChI is InChI=1S/C12H25N3O2/c1-5-12(2)11(16)15(10-13-12)7-6-14(3)8-9-17-4/h13H,5-10H2,1-4H3. The van der Waals surface area contributed by atoms with E-state index in [9.17, 15) is 4.79 Å². The van der Waals surface area contributed by atoms with Crippen molar-refractivity contribution in [3.8, 4) is 0 Å². The molecule has 0 saturated carbocycles. The lowest BCUT2D eigenvalue weighted by molar-refractivity contribution is -0.132. The second-order valence-electron chi connectivity index (χ2n) is 4.89. The van der Waals surface area contributed by atoms with E-state index in [2.05, 4.69) is 10.2 Å². The first-order valence-electron chi connectivity index (χ1n) is 6.25. The highest BCUT2D eigenvalue weighted by molar-refractivity contribution is 5.87. The predicted octanol–water partition coefficient (Wildman–Crippen LogP) is 0.123. The normalized spacial score (nSPS) is 25.0. The molecule has 1 saturated heterocycles. The van der Waals surface area contributed by atoms with Crippen LogP contribution in [0.1, 0.15) is 20.3 Å². The number of methoxy groups -OCH3 is 1. The Morgan fingerprint density at radius 2 is 2.24 bits per heavy atom. The van der Waals surface area contributed by atoms with Crippen LogP contribution in [0, 0.1) is 0 Å². The maximum atomic E-state index is 12.1. The topological polar surface area (TPSA) is 44.8 Å². The Labute approximate surface area is 104 Å². The molecule has 5 nitrogen and oxygen atoms in total. The van der Waals surface area contributed by atoms with E-state index in [1.165, 1.54) is 0 Å². The van der Waals surface area contributed by atoms with E-state index >= 15 is 0 Å². The van der Waals surface area contributed by atoms with Crippen LogP contribution >= 0.6 is 0 Å². The second-order valence-corrected chi connectivity index (χ2v) is 4.89. The molecule has 1 N–H and O–H groups in total. The summed E-state index contributed by atoms with van der Waals surface area (Å²) in [6.45, 7) is 7.98. The number of carbonyl (C=O) groups excluding carboxylic acids is 1. The summed E-state index contributed by atoms with van der Waals surface area (Å²) in [5.41, 5.74) is -0.356. The predicted molar refractivity (Wildman–Crippen MR) is 67.8 cm³/mol. The molecule has 0 bridgehead atoms. The molecule has 1 rings (SSSR count). The zero-order valence-corrected chi connectivity index (χ0v) is 11.5. The van der Waals surface area contributed by atoms with E-state index in [4.69, 9.17) is 4.74 Å². The third-order valence-electron chi connectivity index (χ3n) is 3.56. The molecule has 1 heterocycles. The van der Waals surface area contributed by atoms with Gasteiger partial charge in [-0.15, -0.1) is 0 Å². The van der Waals surface area contributed by atoms with Crippen molar-refractivity contribution in [1.29, 1.82) is 0 Å². The van der Waals surface area contributed by atoms with Crippen molar-refractivity contribution >= 4 is 5.91 Å². The summed E-state index contributed by atoms with van der Waals surface area (Å²) < 4.78 is 5.02. The van der Waals surface area contributed by atoms with E-state index in [0.717, 1.165) is 32.7 Å². The number of ether oxygens (including phenoxy) is 1. The Balaban J connectivity index is 2.32. The summed E-state index contributed by atoms with van der Waals surface area (Å²) in [5.74, 6) is 0.222. The van der Waals surface area contributed by atoms with E-state index in [-0.39, 0.29) is 11.4 Å². The molecule has 0 spiro atoms. The highest BCUT2D eigenvalue weighted by atomic mass is 16.5. The van der Waals surface area contributed by atoms with Gasteiger partial charge in [0.15, 0.2) is 0 Å². The number of hydrogen-bond donors (Lipinski definition) is 1. The summed E-state index contributed by atoms with van der Waals surface area (Å²) in [6.07, 6.45) is 0.835. The molecule has 17 heavy (non-hydrogen) atoms. The maximum Gasteiger partial charge on any atom is 0.243 e. The van der Waals surface area contributed by atoms with Gasteiger partial charge >= 0.3 is 0 Å². The molecule has 0 aromatic heterocycles. The fraction of sp³-hybridized carbons (Fsp3) is 0.917. The molecule has 0 aromatic rings. The number of nitrogens with one attached hydrogen (secondary N) is 1. The van der Waals surface area contributed by atoms with E-state index in [0.29, 0.717) is 6.67 Å². The number of carbonyl (C=O) groups is 1. The Hall–Kier alpha value is -0.650. The minimum atomic E-state index is -0.356. The number of hydrogen-bond acceptors (Lipinski definition) is 4. The Morgan fingerprint density at radius 1 is 1.53 bits per heavy atom. The molecular formula is C12H25N3O2. The minimum Gasteiger partial charge on any atom is -0.383 e. The molecule has 1 aliphatic heterocycles. The number of nitrogens with zero attached hydrogens (tertiary/aromatic N) is 2. The lowest BCUT2D eigenvalue weighted by Gasteiger charge is -2.23. The van der Waals surface area contributed by atoms with Gasteiger partial charge in [-0.25, -0.2) is 0 Å². The summed E-state index contributed by atoms with van der Waals surface area (Å²) in [6, 6.07) is 0. The molecular weight excluding hydrogens is 218 g/mol. The van der Waals surface area contributed by atoms with Gasteiger partial charge in [-0.3, -0.25) is 10.1 Å². The number of likely N-dealkylation sites (N-methyl/N-ethyl adjacent to an activating group) is 1. The average molecular weight is 243 g/mol. The average Bonchev–Trinajstić information content (AvgIpc) is 2.62. The van der Waals surface area contributed by atoms with E-state index in [1.807, 2.05) is 25.8 Å². The summed E-state index contributed by atoms with van der Waals surface area (Å²) in [7, 11) is 3.75. The van der Waals surface area contributed by atoms with Gasteiger partial charge in [0.2, 0.25) is 5.91 Å². The highest BCUT2D eigenvalue weighted by Gasteiger charge is 2.40. The molecule has 1 aliphatic rings. The van der Waals surface area contributed by atoms with Crippen molar-refractivity contribution < 1.29 is 9.53 Å². The minimum absolute atomic E-state index is 0.222. The van der Waals surface area contributed by atoms with Crippen molar-refractivity contribution in [1.82, 2.24) is 15.1 Å². The van der Waals surface area contributed by atoms with E-state index < -0.39 is 0 Å². The molecule has 5 heteroatoms. The molecule has 100 valence electrons. The van der Waals surface area contributed by atoms with Crippen molar-refractivity contribution in [2.75, 3.05) is 47.1 Å². The summed E-state index contributed by atoms with van der Waals surface area (Å²) in [4.78, 5) is 16.2. The highest BCUT2D eigenvalue weighted by Crippen LogP contribution is 2.18. The van der Waals surface area contributed by atoms with Crippen LogP contribution in [0.3, 0.4) is 0 Å². The van der Waals surface area contributed by atoms with Crippen LogP contribution in [0.2, 0.25) is 0 Å². The SMILES string of the molecule is CCC1(C)NCN(CCN(C)CCOC)C1=O. The fourth-order valence-electron chi connectivity index (χ4n) is 1.87. The molecule has 1 fully saturated rings. The second kappa shape index (κ2) is 6.33. The molecule has 0 aliphatic carbocycles. The maximum absolute atomic E-state index is 12.1. The van der Waals surface area contributed by atoms with Crippen molar-refractivity contribution in [3.63, 3.8) is 0 Å². The quantitative estimate of drug-likeness (QED) is 0.690. The third kappa shape index (κ3) is 3.66. The lowest BCUT2D eigenvalue weighted by Crippen LogP contribution is -2.43. The zero-order valence-electron chi connectivity index (χ0n) is 11.5. The van der Waals surface area contributed by atoms with Crippen molar-refractivity contribution in [3.05, 3.63) is 0 Å². The largest absolute Gasteiger partial charge is 0.383 e. The summed E-state index contributed by atoms with van der Waals surface area (Å²) in [5, 5.41) is 3.28. The third-order valence-corrected chi connectivity index (χ3v) is 3.56. The van der Waals surface area contributed by atoms with Gasteiger partial charge in [-0.2, -0.15) is 0 Å². The van der Waals surface area contributed by atoms with Crippen LogP contribution in [0.4, 0.5) is 0 Å². The molecule has 1 atom stereocenters. The first-order valence-corrected chi connectivity index (χ1v) is 6.25. The number of amides is 1. The first-order chi connectivity index (χ1) is 8.03. The Morgan fingerprint density at radius 3 is 2.76 bits per heavy atom. The zero-order chi connectivity index (χ0) is 12.9. The first kappa shape index (κ1) is 14.4. The lowest BCUT2D eigenvalue weighted by atomic mass is 9.99. The van der Waals surface area contributed by atoms with E-state index in [1.54, 1.807) is 7.11 Å². The summed E-state index contributed by atoms with van der Waals surface area (Å²) >= 11 is 0. The van der Waals surface area contributed by atoms with Crippen molar-refractivity contribution in [2.24, 2.45) is 0 Å². The van der Waals surface area contributed by atoms with Gasteiger partial charge in [-0.1, -0.05) is 6.92 Å². The van der Waals surface area contributed by atoms with Gasteiger partial charge in [0, 0.05) is 26.7 Å². The van der Waals surface area contributed by atoms with Crippen molar-refractivity contribution in [2.45, 2.75) is 25.8 Å². The van der Waals surface area contributed by atoms with Crippen LogP contribution < -0.4 is 5.32 Å². The van der Waals surface area contributed by atoms with Crippen LogP contribution in [-0.4, -0.2) is 68.3 Å². The van der Waals surface area contributed by atoms with Gasteiger partial charge in [0.25, 0.3) is 0 Å². The van der Waals surface area contributed by atoms with Gasteiger partial charge < -0.3 is 14.5 Å². The van der Waals surface area contributed by atoms with Gasteiger partial charge in [-0.05, 0) is 20.4 Å². The van der Waals surface area contributed by atoms with Crippen LogP contribution in [0.5, 0.6) is 0 Å². The number of rotatable bonds is 7. The Bertz CT molecular complexity index is 260. The molecule has 0 aromatic carbocycles. The van der Waals surface area contributed by atoms with Crippen LogP contribution in [-0.2, 0) is 9.53 Å². The van der Waals surface area contributed by atoms with Gasteiger partial charge in [0.05, 0.1) is 18.8 Å². The van der Waals surface area contributed by atoms with Crippen LogP contribution in [0.15, 0.2) is 0 Å². The monoisotopic (exact) mass is 243 g/mol. The molecule has 1 unspecified atom stereocenters. The molecule has 0 radical (unpaired) electrons. The fourth-order valence-corrected chi connectivity index (χ4v) is 1.87.